The topological polar surface area (TPSA) is 36.4 Å². The summed E-state index contributed by atoms with van der Waals surface area (Å²) >= 11 is 0. The molecule has 0 saturated carbocycles. The van der Waals surface area contributed by atoms with Gasteiger partial charge in [-0.2, -0.15) is 0 Å². The molecule has 2 aromatic rings. The summed E-state index contributed by atoms with van der Waals surface area (Å²) in [6, 6.07) is 10.8. The molecule has 3 heteroatoms. The summed E-state index contributed by atoms with van der Waals surface area (Å²) in [7, 11) is 0. The lowest BCUT2D eigenvalue weighted by molar-refractivity contribution is 0.153. The monoisotopic (exact) mass is 242 g/mol. The molecule has 2 heterocycles. The van der Waals surface area contributed by atoms with Crippen LogP contribution in [0.1, 0.15) is 18.4 Å². The highest BCUT2D eigenvalue weighted by Gasteiger charge is 2.23. The van der Waals surface area contributed by atoms with Gasteiger partial charge in [0.1, 0.15) is 0 Å². The molecule has 3 nitrogen and oxygen atoms in total. The third-order valence-electron chi connectivity index (χ3n) is 3.76. The van der Waals surface area contributed by atoms with E-state index in [1.165, 1.54) is 17.4 Å². The van der Waals surface area contributed by atoms with Crippen molar-refractivity contribution in [2.45, 2.75) is 25.4 Å². The van der Waals surface area contributed by atoms with Crippen molar-refractivity contribution in [2.75, 3.05) is 13.2 Å². The zero-order valence-corrected chi connectivity index (χ0v) is 10.4. The van der Waals surface area contributed by atoms with Crippen molar-refractivity contribution >= 4 is 10.9 Å². The first-order chi connectivity index (χ1) is 8.86. The number of pyridine rings is 1. The lowest BCUT2D eigenvalue weighted by atomic mass is 10.1. The Morgan fingerprint density at radius 3 is 3.17 bits per heavy atom. The van der Waals surface area contributed by atoms with Gasteiger partial charge < -0.3 is 5.11 Å². The smallest absolute Gasteiger partial charge is 0.0702 e. The average Bonchev–Trinajstić information content (AvgIpc) is 2.86. The zero-order valence-electron chi connectivity index (χ0n) is 10.4. The zero-order chi connectivity index (χ0) is 12.4. The first kappa shape index (κ1) is 11.6. The Labute approximate surface area is 107 Å². The highest BCUT2D eigenvalue weighted by atomic mass is 16.3. The fourth-order valence-corrected chi connectivity index (χ4v) is 2.77. The number of fused-ring (bicyclic) bond motifs is 1. The van der Waals surface area contributed by atoms with E-state index in [-0.39, 0.29) is 6.61 Å². The van der Waals surface area contributed by atoms with Gasteiger partial charge in [-0.25, -0.2) is 0 Å². The summed E-state index contributed by atoms with van der Waals surface area (Å²) in [5, 5.41) is 10.5. The second-order valence-corrected chi connectivity index (χ2v) is 4.98. The van der Waals surface area contributed by atoms with Crippen LogP contribution in [0.2, 0.25) is 0 Å². The Balaban J connectivity index is 1.82. The van der Waals surface area contributed by atoms with E-state index in [0.717, 1.165) is 25.0 Å². The number of aliphatic hydroxyl groups is 1. The summed E-state index contributed by atoms with van der Waals surface area (Å²) in [4.78, 5) is 6.70. The van der Waals surface area contributed by atoms with Crippen LogP contribution < -0.4 is 0 Å². The van der Waals surface area contributed by atoms with Crippen molar-refractivity contribution in [3.8, 4) is 0 Å². The van der Waals surface area contributed by atoms with E-state index in [4.69, 9.17) is 0 Å². The Morgan fingerprint density at radius 1 is 1.33 bits per heavy atom. The molecule has 1 saturated heterocycles. The van der Waals surface area contributed by atoms with Gasteiger partial charge in [0.25, 0.3) is 0 Å². The lowest BCUT2D eigenvalue weighted by Crippen LogP contribution is -2.31. The summed E-state index contributed by atoms with van der Waals surface area (Å²) in [6.07, 6.45) is 4.14. The van der Waals surface area contributed by atoms with Crippen LogP contribution in [0, 0.1) is 0 Å². The van der Waals surface area contributed by atoms with Crippen LogP contribution in [0.15, 0.2) is 36.5 Å². The van der Waals surface area contributed by atoms with Crippen LogP contribution in [0.3, 0.4) is 0 Å². The highest BCUT2D eigenvalue weighted by molar-refractivity contribution is 5.78. The van der Waals surface area contributed by atoms with Crippen LogP contribution in [0.5, 0.6) is 0 Å². The SMILES string of the molecule is OCC1CCCN1Cc1ccc2ncccc2c1. The molecule has 94 valence electrons. The van der Waals surface area contributed by atoms with Crippen LogP contribution in [0.4, 0.5) is 0 Å². The van der Waals surface area contributed by atoms with Crippen LogP contribution in [-0.4, -0.2) is 34.2 Å². The number of hydrogen-bond acceptors (Lipinski definition) is 3. The molecule has 1 unspecified atom stereocenters. The standard InChI is InChI=1S/C15H18N2O/c18-11-14-4-2-8-17(14)10-12-5-6-15-13(9-12)3-1-7-16-15/h1,3,5-7,9,14,18H,2,4,8,10-11H2. The van der Waals surface area contributed by atoms with Gasteiger partial charge in [0, 0.05) is 24.2 Å². The molecule has 1 N–H and O–H groups in total. The molecular weight excluding hydrogens is 224 g/mol. The summed E-state index contributed by atoms with van der Waals surface area (Å²) in [5.41, 5.74) is 2.34. The van der Waals surface area contributed by atoms with Crippen LogP contribution in [-0.2, 0) is 6.54 Å². The van der Waals surface area contributed by atoms with E-state index in [1.807, 2.05) is 12.3 Å². The molecule has 1 aromatic carbocycles. The van der Waals surface area contributed by atoms with Gasteiger partial charge in [0.15, 0.2) is 0 Å². The fraction of sp³-hybridized carbons (Fsp3) is 0.400. The van der Waals surface area contributed by atoms with Crippen molar-refractivity contribution in [1.82, 2.24) is 9.88 Å². The number of likely N-dealkylation sites (tertiary alicyclic amines) is 1. The van der Waals surface area contributed by atoms with Gasteiger partial charge in [-0.05, 0) is 43.1 Å². The van der Waals surface area contributed by atoms with Gasteiger partial charge in [0.05, 0.1) is 12.1 Å². The molecule has 1 aromatic heterocycles. The fourth-order valence-electron chi connectivity index (χ4n) is 2.77. The molecule has 0 amide bonds. The van der Waals surface area contributed by atoms with E-state index in [2.05, 4.69) is 34.1 Å². The third kappa shape index (κ3) is 2.24. The number of aliphatic hydroxyl groups excluding tert-OH is 1. The first-order valence-corrected chi connectivity index (χ1v) is 6.55. The number of aromatic nitrogens is 1. The van der Waals surface area contributed by atoms with Crippen molar-refractivity contribution in [1.29, 1.82) is 0 Å². The minimum atomic E-state index is 0.273. The predicted molar refractivity (Wildman–Crippen MR) is 72.3 cm³/mol. The number of hydrogen-bond donors (Lipinski definition) is 1. The summed E-state index contributed by atoms with van der Waals surface area (Å²) in [6.45, 7) is 2.29. The van der Waals surface area contributed by atoms with Gasteiger partial charge in [-0.3, -0.25) is 9.88 Å². The minimum absolute atomic E-state index is 0.273. The Hall–Kier alpha value is -1.45. The molecule has 0 radical (unpaired) electrons. The molecule has 3 rings (SSSR count). The number of benzene rings is 1. The van der Waals surface area contributed by atoms with Crippen LogP contribution >= 0.6 is 0 Å². The van der Waals surface area contributed by atoms with Gasteiger partial charge >= 0.3 is 0 Å². The molecule has 1 aliphatic heterocycles. The van der Waals surface area contributed by atoms with Crippen molar-refractivity contribution in [2.24, 2.45) is 0 Å². The predicted octanol–water partition coefficient (Wildman–Crippen LogP) is 2.19. The Bertz CT molecular complexity index is 541. The van der Waals surface area contributed by atoms with Gasteiger partial charge in [-0.1, -0.05) is 12.1 Å². The quantitative estimate of drug-likeness (QED) is 0.896. The summed E-state index contributed by atoms with van der Waals surface area (Å²) in [5.74, 6) is 0. The van der Waals surface area contributed by atoms with Crippen molar-refractivity contribution in [3.05, 3.63) is 42.1 Å². The van der Waals surface area contributed by atoms with E-state index >= 15 is 0 Å². The maximum atomic E-state index is 9.33. The molecule has 1 atom stereocenters. The van der Waals surface area contributed by atoms with Gasteiger partial charge in [-0.15, -0.1) is 0 Å². The lowest BCUT2D eigenvalue weighted by Gasteiger charge is -2.22. The Kier molecular flexibility index (Phi) is 3.26. The van der Waals surface area contributed by atoms with E-state index in [9.17, 15) is 5.11 Å². The minimum Gasteiger partial charge on any atom is -0.395 e. The summed E-state index contributed by atoms with van der Waals surface area (Å²) < 4.78 is 0. The van der Waals surface area contributed by atoms with Crippen molar-refractivity contribution in [3.63, 3.8) is 0 Å². The van der Waals surface area contributed by atoms with E-state index < -0.39 is 0 Å². The van der Waals surface area contributed by atoms with Gasteiger partial charge in [0.2, 0.25) is 0 Å². The molecule has 0 spiro atoms. The molecule has 1 fully saturated rings. The highest BCUT2D eigenvalue weighted by Crippen LogP contribution is 2.21. The molecule has 1 aliphatic rings. The Morgan fingerprint density at radius 2 is 2.28 bits per heavy atom. The first-order valence-electron chi connectivity index (χ1n) is 6.55. The maximum absolute atomic E-state index is 9.33. The maximum Gasteiger partial charge on any atom is 0.0702 e. The number of nitrogens with zero attached hydrogens (tertiary/aromatic N) is 2. The van der Waals surface area contributed by atoms with Crippen LogP contribution in [0.25, 0.3) is 10.9 Å². The second-order valence-electron chi connectivity index (χ2n) is 4.98. The molecular formula is C15H18N2O. The second kappa shape index (κ2) is 5.04. The molecule has 0 bridgehead atoms. The molecule has 18 heavy (non-hydrogen) atoms. The normalized spacial score (nSPS) is 20.6. The number of rotatable bonds is 3. The largest absolute Gasteiger partial charge is 0.395 e. The van der Waals surface area contributed by atoms with E-state index in [1.54, 1.807) is 0 Å². The average molecular weight is 242 g/mol. The van der Waals surface area contributed by atoms with E-state index in [0.29, 0.717) is 6.04 Å². The third-order valence-corrected chi connectivity index (χ3v) is 3.76. The molecule has 0 aliphatic carbocycles. The van der Waals surface area contributed by atoms with Crippen molar-refractivity contribution < 1.29 is 5.11 Å².